The number of benzene rings is 9. The van der Waals surface area contributed by atoms with Crippen LogP contribution in [0.5, 0.6) is 0 Å². The summed E-state index contributed by atoms with van der Waals surface area (Å²) in [4.78, 5) is 0. The van der Waals surface area contributed by atoms with E-state index in [2.05, 4.69) is 0 Å². The quantitative estimate of drug-likeness (QED) is 0.158. The molecule has 0 aliphatic heterocycles. The van der Waals surface area contributed by atoms with Crippen molar-refractivity contribution in [2.24, 2.45) is 0 Å². The molecular formula is C50H34. The van der Waals surface area contributed by atoms with Gasteiger partial charge in [0.05, 0.1) is 11.0 Å². The molecule has 0 bridgehead atoms. The molecule has 0 heteroatoms. The predicted octanol–water partition coefficient (Wildman–Crippen LogP) is 14.0. The SMILES string of the molecule is [2H]c1c([2H])c([2H])c2c(-c3c(-c4ccccc4)cccc3-c3ccccc3)c3c([2H])c([2H])c([2H])c([2H])c3c(-c3c(-c4ccccc4)cccc3-c3ccccc3)c2c1[2H]. The fourth-order valence-electron chi connectivity index (χ4n) is 7.20. The number of rotatable bonds is 6. The number of hydrogen-bond acceptors (Lipinski definition) is 0. The van der Waals surface area contributed by atoms with Gasteiger partial charge in [-0.05, 0) is 88.3 Å². The van der Waals surface area contributed by atoms with Crippen molar-refractivity contribution in [2.75, 3.05) is 0 Å². The summed E-state index contributed by atoms with van der Waals surface area (Å²) in [5.41, 5.74) is 8.12. The molecule has 0 saturated carbocycles. The Hall–Kier alpha value is -6.50. The largest absolute Gasteiger partial charge is 0.0629 e. The maximum Gasteiger partial charge on any atom is 0.0629 e. The van der Waals surface area contributed by atoms with Crippen molar-refractivity contribution < 1.29 is 11.0 Å². The summed E-state index contributed by atoms with van der Waals surface area (Å²) in [6.45, 7) is 0. The first-order valence-corrected chi connectivity index (χ1v) is 16.6. The normalized spacial score (nSPS) is 13.4. The van der Waals surface area contributed by atoms with E-state index < -0.39 is 24.2 Å². The lowest BCUT2D eigenvalue weighted by Gasteiger charge is -2.24. The fraction of sp³-hybridized carbons (Fsp3) is 0. The van der Waals surface area contributed by atoms with Crippen LogP contribution in [0.4, 0.5) is 0 Å². The highest BCUT2D eigenvalue weighted by molar-refractivity contribution is 6.25. The van der Waals surface area contributed by atoms with E-state index in [1.165, 1.54) is 0 Å². The van der Waals surface area contributed by atoms with Gasteiger partial charge in [-0.3, -0.25) is 0 Å². The summed E-state index contributed by atoms with van der Waals surface area (Å²) in [7, 11) is 0. The molecule has 9 rings (SSSR count). The molecule has 50 heavy (non-hydrogen) atoms. The summed E-state index contributed by atoms with van der Waals surface area (Å²) in [5.74, 6) is 0. The topological polar surface area (TPSA) is 0 Å². The first kappa shape index (κ1) is 22.2. The summed E-state index contributed by atoms with van der Waals surface area (Å²) in [6, 6.07) is 47.6. The van der Waals surface area contributed by atoms with E-state index in [4.69, 9.17) is 5.48 Å². The van der Waals surface area contributed by atoms with E-state index in [-0.39, 0.29) is 45.7 Å². The Labute approximate surface area is 304 Å². The van der Waals surface area contributed by atoms with Gasteiger partial charge in [-0.1, -0.05) is 206 Å². The summed E-state index contributed by atoms with van der Waals surface area (Å²) >= 11 is 0. The predicted molar refractivity (Wildman–Crippen MR) is 214 cm³/mol. The van der Waals surface area contributed by atoms with E-state index >= 15 is 0 Å². The molecule has 0 aromatic heterocycles. The van der Waals surface area contributed by atoms with Gasteiger partial charge in [0.25, 0.3) is 0 Å². The molecule has 0 spiro atoms. The second-order valence-corrected chi connectivity index (χ2v) is 12.2. The van der Waals surface area contributed by atoms with Gasteiger partial charge in [-0.15, -0.1) is 0 Å². The number of hydrogen-bond donors (Lipinski definition) is 0. The summed E-state index contributed by atoms with van der Waals surface area (Å²) in [6.07, 6.45) is 0. The van der Waals surface area contributed by atoms with Crippen molar-refractivity contribution in [1.82, 2.24) is 0 Å². The summed E-state index contributed by atoms with van der Waals surface area (Å²) in [5, 5.41) is 0.670. The summed E-state index contributed by atoms with van der Waals surface area (Å²) < 4.78 is 75.6. The molecule has 0 unspecified atom stereocenters. The smallest absolute Gasteiger partial charge is 0.0622 e. The van der Waals surface area contributed by atoms with Crippen LogP contribution in [0.2, 0.25) is 0 Å². The average molecular weight is 643 g/mol. The highest BCUT2D eigenvalue weighted by atomic mass is 14.3. The minimum Gasteiger partial charge on any atom is -0.0622 e. The van der Waals surface area contributed by atoms with Gasteiger partial charge in [-0.25, -0.2) is 0 Å². The van der Waals surface area contributed by atoms with Crippen molar-refractivity contribution in [3.05, 3.63) is 206 Å². The third-order valence-electron chi connectivity index (χ3n) is 9.34. The fourth-order valence-corrected chi connectivity index (χ4v) is 7.20. The van der Waals surface area contributed by atoms with E-state index in [0.29, 0.717) is 22.3 Å². The highest BCUT2D eigenvalue weighted by Gasteiger charge is 2.24. The molecule has 0 atom stereocenters. The molecule has 9 aromatic carbocycles. The van der Waals surface area contributed by atoms with Crippen LogP contribution < -0.4 is 0 Å². The second-order valence-electron chi connectivity index (χ2n) is 12.2. The molecular weight excluding hydrogens is 601 g/mol. The van der Waals surface area contributed by atoms with Gasteiger partial charge >= 0.3 is 0 Å². The van der Waals surface area contributed by atoms with Crippen LogP contribution in [0, 0.1) is 0 Å². The lowest BCUT2D eigenvalue weighted by molar-refractivity contribution is 1.57. The van der Waals surface area contributed by atoms with Crippen LogP contribution in [0.25, 0.3) is 88.3 Å². The first-order chi connectivity index (χ1) is 28.2. The molecule has 0 N–H and O–H groups in total. The van der Waals surface area contributed by atoms with Gasteiger partial charge in [0, 0.05) is 0 Å². The monoisotopic (exact) mass is 642 g/mol. The van der Waals surface area contributed by atoms with Crippen LogP contribution >= 0.6 is 0 Å². The maximum atomic E-state index is 9.77. The molecule has 0 amide bonds. The van der Waals surface area contributed by atoms with Crippen molar-refractivity contribution >= 4 is 21.5 Å². The zero-order chi connectivity index (χ0) is 40.2. The molecule has 0 aliphatic rings. The molecule has 0 saturated heterocycles. The molecule has 234 valence electrons. The molecule has 0 heterocycles. The van der Waals surface area contributed by atoms with Crippen molar-refractivity contribution in [2.45, 2.75) is 0 Å². The molecule has 0 fully saturated rings. The van der Waals surface area contributed by atoms with Crippen LogP contribution in [0.15, 0.2) is 206 Å². The van der Waals surface area contributed by atoms with Crippen LogP contribution in [-0.4, -0.2) is 0 Å². The molecule has 0 radical (unpaired) electrons. The lowest BCUT2D eigenvalue weighted by Crippen LogP contribution is -1.97. The van der Waals surface area contributed by atoms with E-state index in [0.717, 1.165) is 44.5 Å². The van der Waals surface area contributed by atoms with Gasteiger partial charge < -0.3 is 0 Å². The zero-order valence-corrected chi connectivity index (χ0v) is 27.0. The van der Waals surface area contributed by atoms with Gasteiger partial charge in [0.15, 0.2) is 0 Å². The van der Waals surface area contributed by atoms with E-state index in [1.807, 2.05) is 158 Å². The van der Waals surface area contributed by atoms with Gasteiger partial charge in [0.1, 0.15) is 0 Å². The molecule has 0 aliphatic carbocycles. The van der Waals surface area contributed by atoms with Crippen LogP contribution in [0.3, 0.4) is 0 Å². The van der Waals surface area contributed by atoms with Crippen LogP contribution in [0.1, 0.15) is 11.0 Å². The minimum atomic E-state index is -0.442. The third-order valence-corrected chi connectivity index (χ3v) is 9.34. The second kappa shape index (κ2) is 12.8. The van der Waals surface area contributed by atoms with E-state index in [1.54, 1.807) is 0 Å². The van der Waals surface area contributed by atoms with E-state index in [9.17, 15) is 5.48 Å². The highest BCUT2D eigenvalue weighted by Crippen LogP contribution is 2.52. The lowest BCUT2D eigenvalue weighted by atomic mass is 9.78. The van der Waals surface area contributed by atoms with Crippen molar-refractivity contribution in [3.8, 4) is 66.8 Å². The van der Waals surface area contributed by atoms with Gasteiger partial charge in [-0.2, -0.15) is 0 Å². The van der Waals surface area contributed by atoms with Crippen LogP contribution in [-0.2, 0) is 0 Å². The number of fused-ring (bicyclic) bond motifs is 2. The van der Waals surface area contributed by atoms with Crippen molar-refractivity contribution in [3.63, 3.8) is 0 Å². The maximum absolute atomic E-state index is 9.77. The molecule has 0 nitrogen and oxygen atoms in total. The standard InChI is InChI=1S/C50H34/c1-5-19-35(20-6-1)39-31-17-32-40(36-21-7-2-8-22-36)47(39)49-43-27-13-15-29-45(43)50(46-30-16-14-28-44(46)49)48-41(37-23-9-3-10-24-37)33-18-34-42(48)38-25-11-4-12-26-38/h1-34H/i13D,14D,15D,16D,27D,28D,29D,30D. The Bertz CT molecular complexity index is 2650. The Morgan fingerprint density at radius 1 is 0.240 bits per heavy atom. The minimum absolute atomic E-state index is 0.168. The Balaban J connectivity index is 1.63. The third kappa shape index (κ3) is 5.10. The Morgan fingerprint density at radius 3 is 0.720 bits per heavy atom. The Kier molecular flexibility index (Phi) is 5.70. The van der Waals surface area contributed by atoms with Crippen molar-refractivity contribution in [1.29, 1.82) is 0 Å². The van der Waals surface area contributed by atoms with Gasteiger partial charge in [0.2, 0.25) is 0 Å². The average Bonchev–Trinajstić information content (AvgIpc) is 3.28. The first-order valence-electron chi connectivity index (χ1n) is 20.6. The molecule has 9 aromatic rings. The Morgan fingerprint density at radius 2 is 0.480 bits per heavy atom. The zero-order valence-electron chi connectivity index (χ0n) is 35.0.